The predicted molar refractivity (Wildman–Crippen MR) is 141 cm³/mol. The van der Waals surface area contributed by atoms with Gasteiger partial charge in [-0.25, -0.2) is 0 Å². The zero-order valence-corrected chi connectivity index (χ0v) is 24.5. The molecule has 3 unspecified atom stereocenters. The first kappa shape index (κ1) is 28.5. The molecule has 4 aliphatic rings. The number of alkyl halides is 1. The van der Waals surface area contributed by atoms with Gasteiger partial charge in [0.2, 0.25) is 5.78 Å². The molecule has 0 saturated heterocycles. The Bertz CT molecular complexity index is 1040. The smallest absolute Gasteiger partial charge is 0.306 e. The number of hydrogen-bond donors (Lipinski definition) is 1. The zero-order chi connectivity index (χ0) is 27.6. The number of fused-ring (bicyclic) bond motifs is 5. The van der Waals surface area contributed by atoms with Crippen LogP contribution in [0.25, 0.3) is 0 Å². The number of hydrogen-bond acceptors (Lipinski definition) is 7. The molecule has 3 fully saturated rings. The van der Waals surface area contributed by atoms with Crippen LogP contribution in [0.1, 0.15) is 86.5 Å². The molecule has 0 aromatic rings. The summed E-state index contributed by atoms with van der Waals surface area (Å²) in [4.78, 5) is 51.0. The lowest BCUT2D eigenvalue weighted by Crippen LogP contribution is -2.70. The molecule has 0 heterocycles. The Labute approximate surface area is 228 Å². The first-order valence-corrected chi connectivity index (χ1v) is 14.5. The van der Waals surface area contributed by atoms with Gasteiger partial charge in [0.25, 0.3) is 0 Å². The Morgan fingerprint density at radius 1 is 1.08 bits per heavy atom. The van der Waals surface area contributed by atoms with E-state index in [-0.39, 0.29) is 48.7 Å². The highest BCUT2D eigenvalue weighted by Gasteiger charge is 2.76. The molecule has 9 atom stereocenters. The molecule has 1 N–H and O–H groups in total. The maximum Gasteiger partial charge on any atom is 0.306 e. The average Bonchev–Trinajstić information content (AvgIpc) is 3.07. The van der Waals surface area contributed by atoms with E-state index in [0.717, 1.165) is 12.0 Å². The molecule has 0 amide bonds. The van der Waals surface area contributed by atoms with E-state index in [0.29, 0.717) is 19.3 Å². The highest BCUT2D eigenvalue weighted by molar-refractivity contribution is 9.10. The van der Waals surface area contributed by atoms with Gasteiger partial charge in [-0.15, -0.1) is 0 Å². The van der Waals surface area contributed by atoms with E-state index in [4.69, 9.17) is 9.47 Å². The number of ether oxygens (including phenoxy) is 2. The van der Waals surface area contributed by atoms with Crippen LogP contribution in [0.3, 0.4) is 0 Å². The summed E-state index contributed by atoms with van der Waals surface area (Å²) in [6.45, 7) is 11.1. The van der Waals surface area contributed by atoms with Crippen molar-refractivity contribution in [3.8, 4) is 0 Å². The minimum absolute atomic E-state index is 0.0118. The van der Waals surface area contributed by atoms with Crippen LogP contribution < -0.4 is 0 Å². The monoisotopic (exact) mass is 580 g/mol. The Balaban J connectivity index is 1.82. The minimum atomic E-state index is -1.50. The summed E-state index contributed by atoms with van der Waals surface area (Å²) >= 11 is 4.10. The highest BCUT2D eigenvalue weighted by Crippen LogP contribution is 2.73. The van der Waals surface area contributed by atoms with Gasteiger partial charge in [-0.3, -0.25) is 19.2 Å². The fourth-order valence-corrected chi connectivity index (χ4v) is 9.86. The number of carbonyl (C=O) groups excluding carboxylic acids is 4. The van der Waals surface area contributed by atoms with Crippen molar-refractivity contribution in [1.29, 1.82) is 0 Å². The molecule has 0 bridgehead atoms. The molecule has 0 aromatic carbocycles. The van der Waals surface area contributed by atoms with Crippen molar-refractivity contribution < 1.29 is 33.8 Å². The van der Waals surface area contributed by atoms with E-state index in [1.165, 1.54) is 0 Å². The van der Waals surface area contributed by atoms with Crippen molar-refractivity contribution in [3.63, 3.8) is 0 Å². The van der Waals surface area contributed by atoms with Gasteiger partial charge in [-0.1, -0.05) is 63.0 Å². The maximum atomic E-state index is 14.0. The normalized spacial score (nSPS) is 44.7. The lowest BCUT2D eigenvalue weighted by Gasteiger charge is -2.66. The van der Waals surface area contributed by atoms with E-state index in [9.17, 15) is 24.3 Å². The van der Waals surface area contributed by atoms with Gasteiger partial charge in [-0.2, -0.15) is 0 Å². The van der Waals surface area contributed by atoms with Crippen molar-refractivity contribution in [1.82, 2.24) is 0 Å². The number of carbonyl (C=O) groups is 4. The second-order valence-electron chi connectivity index (χ2n) is 12.3. The van der Waals surface area contributed by atoms with Crippen molar-refractivity contribution >= 4 is 39.4 Å². The number of rotatable bonds is 6. The van der Waals surface area contributed by atoms with Gasteiger partial charge in [0.05, 0.1) is 10.4 Å². The molecule has 0 aromatic heterocycles. The average molecular weight is 582 g/mol. The molecule has 0 radical (unpaired) electrons. The van der Waals surface area contributed by atoms with E-state index in [1.54, 1.807) is 19.9 Å². The fraction of sp³-hybridized carbons (Fsp3) is 0.793. The molecular formula is C29H41BrO7. The fourth-order valence-electron chi connectivity index (χ4n) is 8.76. The highest BCUT2D eigenvalue weighted by atomic mass is 79.9. The topological polar surface area (TPSA) is 107 Å². The van der Waals surface area contributed by atoms with Gasteiger partial charge < -0.3 is 14.6 Å². The van der Waals surface area contributed by atoms with Crippen LogP contribution in [0.4, 0.5) is 0 Å². The van der Waals surface area contributed by atoms with Crippen LogP contribution in [-0.2, 0) is 28.7 Å². The van der Waals surface area contributed by atoms with Crippen LogP contribution in [0, 0.1) is 34.5 Å². The van der Waals surface area contributed by atoms with Crippen LogP contribution >= 0.6 is 15.9 Å². The number of aliphatic hydroxyl groups excluding tert-OH is 1. The Morgan fingerprint density at radius 3 is 2.35 bits per heavy atom. The third-order valence-electron chi connectivity index (χ3n) is 10.5. The molecule has 37 heavy (non-hydrogen) atoms. The van der Waals surface area contributed by atoms with Crippen LogP contribution in [0.5, 0.6) is 0 Å². The Hall–Kier alpha value is -1.54. The van der Waals surface area contributed by atoms with Gasteiger partial charge >= 0.3 is 11.9 Å². The maximum absolute atomic E-state index is 14.0. The number of esters is 2. The number of aliphatic hydroxyl groups is 1. The minimum Gasteiger partial charge on any atom is -0.457 e. The number of halogens is 1. The standard InChI is InChI=1S/C29H41BrO7/c1-7-24(34)36-15-23(33)29(37-25(35)8-2)17(4)12-20-21-11-16(3)19-13-18(31)9-10-26(19,5)28(21,30)22(32)14-27(20,29)6/h13,16-17,20-22,32H,7-12,14-15H2,1-6H3/t16?,17?,20-,21-,22?,26-,27-,28-,29-/m0/s1. The Morgan fingerprint density at radius 2 is 1.73 bits per heavy atom. The molecule has 7 nitrogen and oxygen atoms in total. The van der Waals surface area contributed by atoms with Crippen LogP contribution in [0.15, 0.2) is 11.6 Å². The summed E-state index contributed by atoms with van der Waals surface area (Å²) in [5.41, 5.74) is -1.68. The third-order valence-corrected chi connectivity index (χ3v) is 12.5. The van der Waals surface area contributed by atoms with Crippen molar-refractivity contribution in [2.45, 2.75) is 103 Å². The van der Waals surface area contributed by atoms with Gasteiger partial charge in [0, 0.05) is 36.0 Å². The summed E-state index contributed by atoms with van der Waals surface area (Å²) in [5, 5.41) is 12.0. The van der Waals surface area contributed by atoms with Crippen LogP contribution in [0.2, 0.25) is 0 Å². The number of allylic oxidation sites excluding steroid dienone is 1. The second-order valence-corrected chi connectivity index (χ2v) is 13.6. The summed E-state index contributed by atoms with van der Waals surface area (Å²) in [6, 6.07) is 0. The van der Waals surface area contributed by atoms with E-state index in [2.05, 4.69) is 29.8 Å². The number of Topliss-reactive ketones (excluding diaryl/α,β-unsaturated/α-hetero) is 1. The summed E-state index contributed by atoms with van der Waals surface area (Å²) in [5.74, 6) is -1.46. The molecule has 8 heteroatoms. The summed E-state index contributed by atoms with van der Waals surface area (Å²) in [7, 11) is 0. The largest absolute Gasteiger partial charge is 0.457 e. The van der Waals surface area contributed by atoms with Gasteiger partial charge in [-0.05, 0) is 49.5 Å². The molecule has 0 spiro atoms. The first-order chi connectivity index (χ1) is 17.2. The summed E-state index contributed by atoms with van der Waals surface area (Å²) < 4.78 is 10.7. The SMILES string of the molecule is CCC(=O)OCC(=O)[C@@]1(OC(=O)CC)C(C)C[C@H]2[C@@H]3CC(C)C4=CC(=O)CC[C@]4(C)[C@@]3(Br)C(O)C[C@@]21C. The van der Waals surface area contributed by atoms with Crippen molar-refractivity contribution in [3.05, 3.63) is 11.6 Å². The third kappa shape index (κ3) is 3.82. The molecule has 4 aliphatic carbocycles. The number of ketones is 2. The van der Waals surface area contributed by atoms with E-state index >= 15 is 0 Å². The zero-order valence-electron chi connectivity index (χ0n) is 22.9. The van der Waals surface area contributed by atoms with Crippen molar-refractivity contribution in [2.24, 2.45) is 34.5 Å². The van der Waals surface area contributed by atoms with Crippen molar-refractivity contribution in [2.75, 3.05) is 6.61 Å². The Kier molecular flexibility index (Phi) is 7.37. The molecule has 3 saturated carbocycles. The first-order valence-electron chi connectivity index (χ1n) is 13.8. The molecular weight excluding hydrogens is 540 g/mol. The van der Waals surface area contributed by atoms with Gasteiger partial charge in [0.15, 0.2) is 18.0 Å². The second kappa shape index (κ2) is 9.58. The summed E-state index contributed by atoms with van der Waals surface area (Å²) in [6.07, 6.45) is 3.95. The predicted octanol–water partition coefficient (Wildman–Crippen LogP) is 4.71. The van der Waals surface area contributed by atoms with Gasteiger partial charge in [0.1, 0.15) is 0 Å². The quantitative estimate of drug-likeness (QED) is 0.358. The lowest BCUT2D eigenvalue weighted by molar-refractivity contribution is -0.204. The van der Waals surface area contributed by atoms with E-state index in [1.807, 2.05) is 13.8 Å². The molecule has 206 valence electrons. The molecule has 4 rings (SSSR count). The van der Waals surface area contributed by atoms with Crippen LogP contribution in [-0.4, -0.2) is 51.2 Å². The lowest BCUT2D eigenvalue weighted by atomic mass is 9.43. The molecule has 0 aliphatic heterocycles. The van der Waals surface area contributed by atoms with E-state index < -0.39 is 51.2 Å².